The molecule has 0 spiro atoms. The third-order valence-electron chi connectivity index (χ3n) is 7.20. The second-order valence-electron chi connectivity index (χ2n) is 9.81. The van der Waals surface area contributed by atoms with E-state index in [9.17, 15) is 9.18 Å². The van der Waals surface area contributed by atoms with Crippen LogP contribution in [0.3, 0.4) is 0 Å². The van der Waals surface area contributed by atoms with Crippen LogP contribution in [0.25, 0.3) is 22.6 Å². The number of amides is 1. The molecule has 0 radical (unpaired) electrons. The topological polar surface area (TPSA) is 134 Å². The molecule has 0 saturated carbocycles. The van der Waals surface area contributed by atoms with Gasteiger partial charge < -0.3 is 29.1 Å². The number of carbonyl (C=O) groups excluding carboxylic acids is 1. The maximum atomic E-state index is 14.2. The van der Waals surface area contributed by atoms with Crippen LogP contribution in [0.1, 0.15) is 43.3 Å². The highest BCUT2D eigenvalue weighted by Gasteiger charge is 2.25. The molecule has 2 aliphatic rings. The monoisotopic (exact) mass is 521 g/mol. The Balaban J connectivity index is 1.38. The number of oxazole rings is 1. The van der Waals surface area contributed by atoms with E-state index >= 15 is 0 Å². The van der Waals surface area contributed by atoms with Gasteiger partial charge in [-0.05, 0) is 49.8 Å². The number of imidazole rings is 1. The van der Waals surface area contributed by atoms with E-state index in [4.69, 9.17) is 24.6 Å². The zero-order chi connectivity index (χ0) is 26.4. The Labute approximate surface area is 217 Å². The first-order valence-corrected chi connectivity index (χ1v) is 12.6. The van der Waals surface area contributed by atoms with Crippen molar-refractivity contribution in [2.75, 3.05) is 25.6 Å². The molecule has 5 heterocycles. The number of nitrogens with two attached hydrogens (primary N) is 1. The number of hydrogen-bond donors (Lipinski definition) is 1. The number of fused-ring (bicyclic) bond motifs is 2. The minimum absolute atomic E-state index is 0.0119. The summed E-state index contributed by atoms with van der Waals surface area (Å²) in [5.41, 5.74) is 8.34. The molecule has 198 valence electrons. The molecule has 38 heavy (non-hydrogen) atoms. The Kier molecular flexibility index (Phi) is 6.09. The predicted molar refractivity (Wildman–Crippen MR) is 135 cm³/mol. The van der Waals surface area contributed by atoms with E-state index in [2.05, 4.69) is 15.0 Å². The Morgan fingerprint density at radius 3 is 2.79 bits per heavy atom. The molecule has 2 N–H and O–H groups in total. The van der Waals surface area contributed by atoms with E-state index in [-0.39, 0.29) is 18.5 Å². The first-order valence-electron chi connectivity index (χ1n) is 12.6. The Morgan fingerprint density at radius 2 is 2.03 bits per heavy atom. The largest absolute Gasteiger partial charge is 0.454 e. The number of anilines is 1. The summed E-state index contributed by atoms with van der Waals surface area (Å²) in [4.78, 5) is 30.7. The zero-order valence-electron chi connectivity index (χ0n) is 21.2. The molecule has 1 aromatic carbocycles. The molecule has 11 nitrogen and oxygen atoms in total. The maximum Gasteiger partial charge on any atom is 0.312 e. The van der Waals surface area contributed by atoms with Gasteiger partial charge in [0, 0.05) is 38.5 Å². The van der Waals surface area contributed by atoms with Crippen molar-refractivity contribution in [1.29, 1.82) is 0 Å². The van der Waals surface area contributed by atoms with E-state index in [0.29, 0.717) is 65.6 Å². The number of carbonyl (C=O) groups is 1. The summed E-state index contributed by atoms with van der Waals surface area (Å²) in [6.07, 6.45) is 3.87. The highest BCUT2D eigenvalue weighted by atomic mass is 19.1. The van der Waals surface area contributed by atoms with Gasteiger partial charge in [-0.2, -0.15) is 14.4 Å². The van der Waals surface area contributed by atoms with Crippen LogP contribution >= 0.6 is 0 Å². The van der Waals surface area contributed by atoms with Crippen LogP contribution in [0.15, 0.2) is 22.7 Å². The smallest absolute Gasteiger partial charge is 0.312 e. The number of aryl methyl sites for hydroxylation is 2. The summed E-state index contributed by atoms with van der Waals surface area (Å²) in [6.45, 7) is 5.59. The van der Waals surface area contributed by atoms with E-state index in [0.717, 1.165) is 36.9 Å². The lowest BCUT2D eigenvalue weighted by Gasteiger charge is -2.32. The molecule has 4 aromatic rings. The number of hydrogen-bond acceptors (Lipinski definition) is 9. The van der Waals surface area contributed by atoms with Crippen molar-refractivity contribution in [2.24, 2.45) is 5.92 Å². The van der Waals surface area contributed by atoms with Crippen molar-refractivity contribution in [3.05, 3.63) is 41.6 Å². The standard InChI is InChI=1S/C26H28FN7O4/c1-14-11-29-25(38-14)18-10-20-19(36-13-37-20)8-17(18)9-21-30-22-23(28)31-26(27)32-24(22)34(21)7-5-16-4-3-6-33(12-16)15(2)35/h8,10-11,16H,3-7,9,12-13H2,1-2H3,(H2,28,31,32). The van der Waals surface area contributed by atoms with Gasteiger partial charge >= 0.3 is 6.08 Å². The van der Waals surface area contributed by atoms with Crippen LogP contribution in [-0.4, -0.2) is 55.2 Å². The van der Waals surface area contributed by atoms with Crippen molar-refractivity contribution in [3.63, 3.8) is 0 Å². The molecule has 6 rings (SSSR count). The van der Waals surface area contributed by atoms with Crippen molar-refractivity contribution in [2.45, 2.75) is 46.1 Å². The van der Waals surface area contributed by atoms with Gasteiger partial charge in [-0.3, -0.25) is 4.79 Å². The molecule has 1 fully saturated rings. The second kappa shape index (κ2) is 9.58. The highest BCUT2D eigenvalue weighted by molar-refractivity contribution is 5.82. The molecule has 1 unspecified atom stereocenters. The SMILES string of the molecule is CC(=O)N1CCCC(CCn2c(Cc3cc4c(cc3-c3ncc(C)o3)OCO4)nc3c(N)nc(F)nc32)C1. The molecule has 1 amide bonds. The normalized spacial score (nSPS) is 16.9. The maximum absolute atomic E-state index is 14.2. The van der Waals surface area contributed by atoms with Crippen LogP contribution in [0, 0.1) is 18.9 Å². The summed E-state index contributed by atoms with van der Waals surface area (Å²) in [6, 6.07) is 3.74. The van der Waals surface area contributed by atoms with E-state index < -0.39 is 6.08 Å². The third-order valence-corrected chi connectivity index (χ3v) is 7.20. The fourth-order valence-corrected chi connectivity index (χ4v) is 5.29. The number of aromatic nitrogens is 5. The first kappa shape index (κ1) is 24.1. The van der Waals surface area contributed by atoms with Crippen LogP contribution in [0.2, 0.25) is 0 Å². The average Bonchev–Trinajstić information content (AvgIpc) is 3.61. The fraction of sp³-hybridized carbons (Fsp3) is 0.423. The van der Waals surface area contributed by atoms with Crippen LogP contribution in [-0.2, 0) is 17.8 Å². The number of nitrogen functional groups attached to an aromatic ring is 1. The van der Waals surface area contributed by atoms with Crippen LogP contribution in [0.5, 0.6) is 11.5 Å². The molecule has 12 heteroatoms. The number of ether oxygens (including phenoxy) is 2. The quantitative estimate of drug-likeness (QED) is 0.378. The lowest BCUT2D eigenvalue weighted by atomic mass is 9.94. The molecule has 1 atom stereocenters. The van der Waals surface area contributed by atoms with Gasteiger partial charge in [0.2, 0.25) is 18.6 Å². The van der Waals surface area contributed by atoms with Gasteiger partial charge in [-0.1, -0.05) is 0 Å². The van der Waals surface area contributed by atoms with Gasteiger partial charge in [-0.25, -0.2) is 9.97 Å². The predicted octanol–water partition coefficient (Wildman–Crippen LogP) is 3.48. The van der Waals surface area contributed by atoms with Gasteiger partial charge in [0.05, 0.1) is 6.20 Å². The minimum atomic E-state index is -0.901. The number of benzene rings is 1. The second-order valence-corrected chi connectivity index (χ2v) is 9.81. The van der Waals surface area contributed by atoms with Gasteiger partial charge in [-0.15, -0.1) is 0 Å². The van der Waals surface area contributed by atoms with Gasteiger partial charge in [0.25, 0.3) is 0 Å². The number of piperidine rings is 1. The molecule has 0 bridgehead atoms. The fourth-order valence-electron chi connectivity index (χ4n) is 5.29. The van der Waals surface area contributed by atoms with E-state index in [1.54, 1.807) is 13.1 Å². The first-order chi connectivity index (χ1) is 18.4. The number of nitrogens with zero attached hydrogens (tertiary/aromatic N) is 6. The van der Waals surface area contributed by atoms with E-state index in [1.807, 2.05) is 28.5 Å². The zero-order valence-corrected chi connectivity index (χ0v) is 21.2. The third kappa shape index (κ3) is 4.50. The van der Waals surface area contributed by atoms with E-state index in [1.165, 1.54) is 0 Å². The Morgan fingerprint density at radius 1 is 1.21 bits per heavy atom. The molecule has 2 aliphatic heterocycles. The number of halogens is 1. The summed E-state index contributed by atoms with van der Waals surface area (Å²) in [5, 5.41) is 0. The molecule has 1 saturated heterocycles. The summed E-state index contributed by atoms with van der Waals surface area (Å²) in [5.74, 6) is 3.40. The van der Waals surface area contributed by atoms with Crippen molar-refractivity contribution in [1.82, 2.24) is 29.4 Å². The van der Waals surface area contributed by atoms with Crippen molar-refractivity contribution in [3.8, 4) is 23.0 Å². The minimum Gasteiger partial charge on any atom is -0.454 e. The lowest BCUT2D eigenvalue weighted by Crippen LogP contribution is -2.38. The summed E-state index contributed by atoms with van der Waals surface area (Å²) in [7, 11) is 0. The number of likely N-dealkylation sites (tertiary alicyclic amines) is 1. The molecule has 0 aliphatic carbocycles. The molecule has 3 aromatic heterocycles. The molecular formula is C26H28FN7O4. The summed E-state index contributed by atoms with van der Waals surface area (Å²) >= 11 is 0. The molecular weight excluding hydrogens is 493 g/mol. The van der Waals surface area contributed by atoms with Gasteiger partial charge in [0.15, 0.2) is 28.5 Å². The van der Waals surface area contributed by atoms with Crippen LogP contribution < -0.4 is 15.2 Å². The Bertz CT molecular complexity index is 1530. The number of rotatable bonds is 6. The van der Waals surface area contributed by atoms with Crippen LogP contribution in [0.4, 0.5) is 10.2 Å². The highest BCUT2D eigenvalue weighted by Crippen LogP contribution is 2.39. The van der Waals surface area contributed by atoms with Crippen molar-refractivity contribution >= 4 is 22.9 Å². The van der Waals surface area contributed by atoms with Crippen molar-refractivity contribution < 1.29 is 23.1 Å². The average molecular weight is 522 g/mol. The lowest BCUT2D eigenvalue weighted by molar-refractivity contribution is -0.130. The van der Waals surface area contributed by atoms with Gasteiger partial charge in [0.1, 0.15) is 11.6 Å². The Hall–Kier alpha value is -4.22. The summed E-state index contributed by atoms with van der Waals surface area (Å²) < 4.78 is 33.2.